The van der Waals surface area contributed by atoms with Gasteiger partial charge in [-0.3, -0.25) is 0 Å². The topological polar surface area (TPSA) is 27.0 Å². The van der Waals surface area contributed by atoms with Gasteiger partial charge in [0.15, 0.2) is 0 Å². The smallest absolute Gasteiger partial charge is 0.120 e. The molecule has 0 aromatic heterocycles. The minimum absolute atomic E-state index is 0.758. The second-order valence-corrected chi connectivity index (χ2v) is 5.05. The van der Waals surface area contributed by atoms with Crippen molar-refractivity contribution in [2.75, 3.05) is 13.1 Å². The Kier molecular flexibility index (Phi) is 3.96. The van der Waals surface area contributed by atoms with Gasteiger partial charge < -0.3 is 4.90 Å². The summed E-state index contributed by atoms with van der Waals surface area (Å²) >= 11 is 5.45. The Balaban J connectivity index is 2.28. The van der Waals surface area contributed by atoms with Crippen molar-refractivity contribution in [3.05, 3.63) is 22.8 Å². The van der Waals surface area contributed by atoms with Crippen LogP contribution in [-0.2, 0) is 0 Å². The van der Waals surface area contributed by atoms with Crippen molar-refractivity contribution in [2.45, 2.75) is 39.0 Å². The molecule has 0 aromatic rings. The minimum Gasteiger partial charge on any atom is -0.357 e. The van der Waals surface area contributed by atoms with Crippen molar-refractivity contribution in [3.63, 3.8) is 0 Å². The molecule has 0 atom stereocenters. The molecule has 2 aliphatic rings. The van der Waals surface area contributed by atoms with E-state index in [1.54, 1.807) is 0 Å². The van der Waals surface area contributed by atoms with Crippen LogP contribution in [0.1, 0.15) is 39.0 Å². The van der Waals surface area contributed by atoms with Crippen LogP contribution in [-0.4, -0.2) is 23.0 Å². The fourth-order valence-electron chi connectivity index (χ4n) is 2.49. The summed E-state index contributed by atoms with van der Waals surface area (Å²) in [4.78, 5) is 2.97. The zero-order valence-corrected chi connectivity index (χ0v) is 11.1. The molecule has 90 valence electrons. The van der Waals surface area contributed by atoms with Crippen molar-refractivity contribution < 1.29 is 0 Å². The van der Waals surface area contributed by atoms with Crippen LogP contribution in [0.25, 0.3) is 0 Å². The van der Waals surface area contributed by atoms with Gasteiger partial charge in [0.1, 0.15) is 11.1 Å². The van der Waals surface area contributed by atoms with Crippen LogP contribution < -0.4 is 0 Å². The lowest BCUT2D eigenvalue weighted by Gasteiger charge is -2.34. The van der Waals surface area contributed by atoms with Crippen molar-refractivity contribution in [2.24, 2.45) is 0 Å². The average molecular weight is 246 g/mol. The molecule has 2 rings (SSSR count). The first-order valence-electron chi connectivity index (χ1n) is 6.39. The first-order chi connectivity index (χ1) is 8.27. The second kappa shape index (κ2) is 5.46. The molecule has 0 spiro atoms. The number of nitriles is 1. The number of hydrogen-bond donors (Lipinski definition) is 0. The zero-order valence-electron chi connectivity index (χ0n) is 10.3. The predicted octanol–water partition coefficient (Wildman–Crippen LogP) is 3.36. The summed E-state index contributed by atoms with van der Waals surface area (Å²) in [5, 5.41) is 9.29. The number of unbranched alkanes of at least 4 members (excludes halogenated alkanes) is 1. The van der Waals surface area contributed by atoms with Gasteiger partial charge >= 0.3 is 0 Å². The Bertz CT molecular complexity index is 426. The molecule has 0 N–H and O–H groups in total. The highest BCUT2D eigenvalue weighted by Crippen LogP contribution is 2.32. The lowest BCUT2D eigenvalue weighted by molar-refractivity contribution is 0.437. The molecule has 1 aliphatic heterocycles. The predicted molar refractivity (Wildman–Crippen MR) is 73.7 cm³/mol. The first-order valence-corrected chi connectivity index (χ1v) is 6.80. The van der Waals surface area contributed by atoms with Crippen LogP contribution in [0, 0.1) is 11.3 Å². The fourth-order valence-corrected chi connectivity index (χ4v) is 2.82. The maximum Gasteiger partial charge on any atom is 0.120 e. The van der Waals surface area contributed by atoms with Crippen LogP contribution in [0.15, 0.2) is 22.8 Å². The SMILES string of the molecule is CCCCN1CC2=CCCCC2=C(C#N)C1=S. The first kappa shape index (κ1) is 12.3. The molecule has 0 bridgehead atoms. The second-order valence-electron chi connectivity index (χ2n) is 4.67. The standard InChI is InChI=1S/C14H18N2S/c1-2-3-8-16-10-11-6-4-5-7-12(11)13(9-15)14(16)17/h6H,2-5,7-8,10H2,1H3. The van der Waals surface area contributed by atoms with Crippen LogP contribution >= 0.6 is 12.2 Å². The highest BCUT2D eigenvalue weighted by atomic mass is 32.1. The van der Waals surface area contributed by atoms with Gasteiger partial charge in [-0.05, 0) is 36.8 Å². The molecule has 17 heavy (non-hydrogen) atoms. The van der Waals surface area contributed by atoms with Gasteiger partial charge in [0.2, 0.25) is 0 Å². The Morgan fingerprint density at radius 3 is 3.06 bits per heavy atom. The molecule has 0 radical (unpaired) electrons. The van der Waals surface area contributed by atoms with E-state index in [1.807, 2.05) is 0 Å². The number of hydrogen-bond acceptors (Lipinski definition) is 2. The number of thiocarbonyl (C=S) groups is 1. The monoisotopic (exact) mass is 246 g/mol. The van der Waals surface area contributed by atoms with E-state index in [0.29, 0.717) is 0 Å². The largest absolute Gasteiger partial charge is 0.357 e. The van der Waals surface area contributed by atoms with E-state index in [9.17, 15) is 5.26 Å². The Morgan fingerprint density at radius 1 is 1.53 bits per heavy atom. The molecular weight excluding hydrogens is 228 g/mol. The Hall–Kier alpha value is -1.14. The van der Waals surface area contributed by atoms with E-state index < -0.39 is 0 Å². The third-order valence-corrected chi connectivity index (χ3v) is 3.93. The maximum absolute atomic E-state index is 9.29. The van der Waals surface area contributed by atoms with E-state index in [2.05, 4.69) is 24.0 Å². The summed E-state index contributed by atoms with van der Waals surface area (Å²) in [5.74, 6) is 0. The molecular formula is C14H18N2S. The van der Waals surface area contributed by atoms with Crippen LogP contribution in [0.5, 0.6) is 0 Å². The van der Waals surface area contributed by atoms with E-state index in [1.165, 1.54) is 11.1 Å². The van der Waals surface area contributed by atoms with Gasteiger partial charge in [0, 0.05) is 13.1 Å². The summed E-state index contributed by atoms with van der Waals surface area (Å²) in [7, 11) is 0. The fraction of sp³-hybridized carbons (Fsp3) is 0.571. The number of rotatable bonds is 3. The van der Waals surface area contributed by atoms with E-state index in [-0.39, 0.29) is 0 Å². The van der Waals surface area contributed by atoms with E-state index >= 15 is 0 Å². The molecule has 3 heteroatoms. The molecule has 0 saturated carbocycles. The summed E-state index contributed by atoms with van der Waals surface area (Å²) in [6, 6.07) is 2.32. The third kappa shape index (κ3) is 2.42. The van der Waals surface area contributed by atoms with Crippen molar-refractivity contribution in [1.29, 1.82) is 5.26 Å². The molecule has 0 fully saturated rings. The molecule has 0 aromatic carbocycles. The summed E-state index contributed by atoms with van der Waals surface area (Å²) in [6.07, 6.45) is 7.92. The van der Waals surface area contributed by atoms with Gasteiger partial charge in [-0.25, -0.2) is 0 Å². The Morgan fingerprint density at radius 2 is 2.35 bits per heavy atom. The molecule has 1 heterocycles. The normalized spacial score (nSPS) is 19.9. The zero-order chi connectivity index (χ0) is 12.3. The highest BCUT2D eigenvalue weighted by Gasteiger charge is 2.27. The molecule has 0 unspecified atom stereocenters. The van der Waals surface area contributed by atoms with Crippen molar-refractivity contribution in [3.8, 4) is 6.07 Å². The van der Waals surface area contributed by atoms with Gasteiger partial charge in [0.05, 0.1) is 5.57 Å². The lowest BCUT2D eigenvalue weighted by atomic mass is 9.86. The lowest BCUT2D eigenvalue weighted by Crippen LogP contribution is -2.38. The molecule has 0 saturated heterocycles. The van der Waals surface area contributed by atoms with Gasteiger partial charge in [-0.1, -0.05) is 31.6 Å². The van der Waals surface area contributed by atoms with Gasteiger partial charge in [-0.2, -0.15) is 5.26 Å². The summed E-state index contributed by atoms with van der Waals surface area (Å²) < 4.78 is 0. The molecule has 1 aliphatic carbocycles. The third-order valence-electron chi connectivity index (χ3n) is 3.47. The number of fused-ring (bicyclic) bond motifs is 1. The molecule has 0 amide bonds. The van der Waals surface area contributed by atoms with Crippen LogP contribution in [0.4, 0.5) is 0 Å². The van der Waals surface area contributed by atoms with Gasteiger partial charge in [-0.15, -0.1) is 0 Å². The maximum atomic E-state index is 9.29. The number of nitrogens with zero attached hydrogens (tertiary/aromatic N) is 2. The summed E-state index contributed by atoms with van der Waals surface area (Å²) in [6.45, 7) is 4.07. The highest BCUT2D eigenvalue weighted by molar-refractivity contribution is 7.80. The minimum atomic E-state index is 0.758. The van der Waals surface area contributed by atoms with E-state index in [0.717, 1.165) is 55.8 Å². The Labute approximate surface area is 109 Å². The quantitative estimate of drug-likeness (QED) is 0.714. The average Bonchev–Trinajstić information content (AvgIpc) is 2.36. The van der Waals surface area contributed by atoms with E-state index in [4.69, 9.17) is 12.2 Å². The van der Waals surface area contributed by atoms with Crippen LogP contribution in [0.2, 0.25) is 0 Å². The summed E-state index contributed by atoms with van der Waals surface area (Å²) in [5.41, 5.74) is 3.32. The van der Waals surface area contributed by atoms with Gasteiger partial charge in [0.25, 0.3) is 0 Å². The molecule has 2 nitrogen and oxygen atoms in total. The van der Waals surface area contributed by atoms with Crippen molar-refractivity contribution in [1.82, 2.24) is 4.90 Å². The number of allylic oxidation sites excluding steroid dienone is 1. The van der Waals surface area contributed by atoms with Crippen LogP contribution in [0.3, 0.4) is 0 Å². The van der Waals surface area contributed by atoms with Crippen molar-refractivity contribution >= 4 is 17.2 Å².